The number of imidazole rings is 1. The highest BCUT2D eigenvalue weighted by Gasteiger charge is 2.29. The fourth-order valence-electron chi connectivity index (χ4n) is 3.86. The second-order valence-corrected chi connectivity index (χ2v) is 7.81. The fourth-order valence-corrected chi connectivity index (χ4v) is 3.86. The Balaban J connectivity index is 1.35. The number of halogens is 1. The standard InChI is InChI=1S/C22H18FN5O2/c23-14-6-16(21(29)26-15-4-3-12-8-24-9-13(12)5-15)19-17(7-14)27-20(28-19)18-10-25-22(30-18)11-1-2-11/h3-7,10-11,24H,1-2,8-9H2,(H,26,29)(H,27,28). The van der Waals surface area contributed by atoms with Gasteiger partial charge in [0.1, 0.15) is 11.3 Å². The van der Waals surface area contributed by atoms with Gasteiger partial charge in [-0.3, -0.25) is 4.79 Å². The molecule has 0 saturated heterocycles. The molecule has 3 N–H and O–H groups in total. The summed E-state index contributed by atoms with van der Waals surface area (Å²) in [5.41, 5.74) is 4.01. The van der Waals surface area contributed by atoms with E-state index >= 15 is 0 Å². The van der Waals surface area contributed by atoms with Crippen molar-refractivity contribution < 1.29 is 13.6 Å². The first-order chi connectivity index (χ1) is 14.6. The van der Waals surface area contributed by atoms with Crippen LogP contribution < -0.4 is 10.6 Å². The van der Waals surface area contributed by atoms with E-state index in [0.717, 1.165) is 31.5 Å². The summed E-state index contributed by atoms with van der Waals surface area (Å²) in [4.78, 5) is 24.8. The smallest absolute Gasteiger partial charge is 0.258 e. The molecule has 8 heteroatoms. The molecule has 2 aromatic heterocycles. The van der Waals surface area contributed by atoms with Gasteiger partial charge in [-0.2, -0.15) is 0 Å². The van der Waals surface area contributed by atoms with Crippen molar-refractivity contribution in [1.29, 1.82) is 0 Å². The maximum Gasteiger partial charge on any atom is 0.258 e. The number of nitrogens with zero attached hydrogens (tertiary/aromatic N) is 2. The van der Waals surface area contributed by atoms with Gasteiger partial charge in [0.15, 0.2) is 17.5 Å². The predicted octanol–water partition coefficient (Wildman–Crippen LogP) is 4.09. The third-order valence-electron chi connectivity index (χ3n) is 5.57. The zero-order chi connectivity index (χ0) is 20.2. The molecule has 0 atom stereocenters. The van der Waals surface area contributed by atoms with Crippen LogP contribution in [-0.2, 0) is 13.1 Å². The van der Waals surface area contributed by atoms with Crippen LogP contribution in [0.4, 0.5) is 10.1 Å². The van der Waals surface area contributed by atoms with Gasteiger partial charge in [0.25, 0.3) is 5.91 Å². The van der Waals surface area contributed by atoms with Crippen molar-refractivity contribution in [3.05, 3.63) is 64.9 Å². The quantitative estimate of drug-likeness (QED) is 0.477. The Morgan fingerprint density at radius 3 is 2.90 bits per heavy atom. The largest absolute Gasteiger partial charge is 0.437 e. The molecule has 30 heavy (non-hydrogen) atoms. The minimum absolute atomic E-state index is 0.160. The van der Waals surface area contributed by atoms with E-state index in [9.17, 15) is 9.18 Å². The molecule has 1 fully saturated rings. The number of carbonyl (C=O) groups is 1. The van der Waals surface area contributed by atoms with Crippen LogP contribution in [0.15, 0.2) is 40.9 Å². The van der Waals surface area contributed by atoms with Gasteiger partial charge in [-0.05, 0) is 48.2 Å². The number of hydrogen-bond donors (Lipinski definition) is 3. The molecule has 1 aliphatic carbocycles. The van der Waals surface area contributed by atoms with Crippen molar-refractivity contribution in [2.75, 3.05) is 5.32 Å². The molecule has 0 unspecified atom stereocenters. The Labute approximate surface area is 170 Å². The first kappa shape index (κ1) is 17.3. The molecule has 1 saturated carbocycles. The van der Waals surface area contributed by atoms with Gasteiger partial charge in [0.2, 0.25) is 0 Å². The second kappa shape index (κ2) is 6.50. The lowest BCUT2D eigenvalue weighted by atomic mass is 10.1. The van der Waals surface area contributed by atoms with Gasteiger partial charge in [0.05, 0.1) is 17.3 Å². The molecule has 7 nitrogen and oxygen atoms in total. The average molecular weight is 403 g/mol. The Bertz CT molecular complexity index is 1300. The number of oxazole rings is 1. The molecule has 4 aromatic rings. The molecule has 1 aliphatic heterocycles. The van der Waals surface area contributed by atoms with Crippen molar-refractivity contribution in [2.45, 2.75) is 31.8 Å². The maximum atomic E-state index is 14.2. The zero-order valence-corrected chi connectivity index (χ0v) is 16.0. The number of fused-ring (bicyclic) bond motifs is 2. The fraction of sp³-hybridized carbons (Fsp3) is 0.227. The van der Waals surface area contributed by atoms with Gasteiger partial charge in [-0.15, -0.1) is 0 Å². The zero-order valence-electron chi connectivity index (χ0n) is 16.0. The van der Waals surface area contributed by atoms with Crippen LogP contribution in [0.3, 0.4) is 0 Å². The molecule has 2 aromatic carbocycles. The summed E-state index contributed by atoms with van der Waals surface area (Å²) in [6, 6.07) is 8.30. The lowest BCUT2D eigenvalue weighted by Gasteiger charge is -2.08. The molecule has 150 valence electrons. The van der Waals surface area contributed by atoms with E-state index in [4.69, 9.17) is 4.42 Å². The number of nitrogens with one attached hydrogen (secondary N) is 3. The second-order valence-electron chi connectivity index (χ2n) is 7.81. The van der Waals surface area contributed by atoms with Crippen molar-refractivity contribution in [3.63, 3.8) is 0 Å². The molecule has 0 spiro atoms. The maximum absolute atomic E-state index is 14.2. The highest BCUT2D eigenvalue weighted by atomic mass is 19.1. The first-order valence-electron chi connectivity index (χ1n) is 9.93. The molecule has 1 amide bonds. The Morgan fingerprint density at radius 2 is 2.03 bits per heavy atom. The van der Waals surface area contributed by atoms with Gasteiger partial charge in [0, 0.05) is 24.7 Å². The lowest BCUT2D eigenvalue weighted by molar-refractivity contribution is 0.102. The number of amides is 1. The minimum Gasteiger partial charge on any atom is -0.437 e. The molecule has 2 aliphatic rings. The highest BCUT2D eigenvalue weighted by molar-refractivity contribution is 6.11. The Kier molecular flexibility index (Phi) is 3.76. The molecular formula is C22H18FN5O2. The van der Waals surface area contributed by atoms with Gasteiger partial charge < -0.3 is 20.0 Å². The van der Waals surface area contributed by atoms with E-state index in [-0.39, 0.29) is 5.56 Å². The Morgan fingerprint density at radius 1 is 1.17 bits per heavy atom. The molecule has 6 rings (SSSR count). The van der Waals surface area contributed by atoms with Crippen LogP contribution in [0.5, 0.6) is 0 Å². The van der Waals surface area contributed by atoms with E-state index in [2.05, 4.69) is 25.6 Å². The number of aromatic amines is 1. The number of hydrogen-bond acceptors (Lipinski definition) is 5. The molecular weight excluding hydrogens is 385 g/mol. The van der Waals surface area contributed by atoms with Gasteiger partial charge >= 0.3 is 0 Å². The Hall–Kier alpha value is -3.52. The summed E-state index contributed by atoms with van der Waals surface area (Å²) in [6.07, 6.45) is 3.77. The minimum atomic E-state index is -0.516. The van der Waals surface area contributed by atoms with Crippen LogP contribution in [0.2, 0.25) is 0 Å². The summed E-state index contributed by atoms with van der Waals surface area (Å²) < 4.78 is 20.0. The summed E-state index contributed by atoms with van der Waals surface area (Å²) >= 11 is 0. The van der Waals surface area contributed by atoms with Crippen molar-refractivity contribution >= 4 is 22.6 Å². The molecule has 0 bridgehead atoms. The molecule has 0 radical (unpaired) electrons. The number of carbonyl (C=O) groups excluding carboxylic acids is 1. The number of rotatable bonds is 4. The normalized spacial score (nSPS) is 15.5. The summed E-state index contributed by atoms with van der Waals surface area (Å²) in [6.45, 7) is 1.60. The highest BCUT2D eigenvalue weighted by Crippen LogP contribution is 2.40. The van der Waals surface area contributed by atoms with Crippen LogP contribution in [0.1, 0.15) is 46.1 Å². The van der Waals surface area contributed by atoms with E-state index in [0.29, 0.717) is 40.1 Å². The third-order valence-corrected chi connectivity index (χ3v) is 5.57. The lowest BCUT2D eigenvalue weighted by Crippen LogP contribution is -2.13. The monoisotopic (exact) mass is 403 g/mol. The summed E-state index contributed by atoms with van der Waals surface area (Å²) in [5.74, 6) is 1.04. The van der Waals surface area contributed by atoms with E-state index < -0.39 is 11.7 Å². The van der Waals surface area contributed by atoms with E-state index in [1.165, 1.54) is 17.7 Å². The van der Waals surface area contributed by atoms with Crippen molar-refractivity contribution in [1.82, 2.24) is 20.3 Å². The van der Waals surface area contributed by atoms with Crippen LogP contribution in [0, 0.1) is 5.82 Å². The summed E-state index contributed by atoms with van der Waals surface area (Å²) in [5, 5.41) is 6.13. The topological polar surface area (TPSA) is 95.8 Å². The van der Waals surface area contributed by atoms with Crippen LogP contribution >= 0.6 is 0 Å². The summed E-state index contributed by atoms with van der Waals surface area (Å²) in [7, 11) is 0. The third kappa shape index (κ3) is 2.96. The van der Waals surface area contributed by atoms with Gasteiger partial charge in [-0.25, -0.2) is 14.4 Å². The SMILES string of the molecule is O=C(Nc1ccc2c(c1)CNC2)c1cc(F)cc2[nH]c(-c3cnc(C4CC4)o3)nc12. The van der Waals surface area contributed by atoms with E-state index in [1.807, 2.05) is 18.2 Å². The van der Waals surface area contributed by atoms with Crippen molar-refractivity contribution in [2.24, 2.45) is 0 Å². The van der Waals surface area contributed by atoms with E-state index in [1.54, 1.807) is 6.20 Å². The van der Waals surface area contributed by atoms with Crippen LogP contribution in [-0.4, -0.2) is 20.9 Å². The number of benzene rings is 2. The van der Waals surface area contributed by atoms with Gasteiger partial charge in [-0.1, -0.05) is 6.07 Å². The number of aromatic nitrogens is 3. The molecule has 3 heterocycles. The number of H-pyrrole nitrogens is 1. The predicted molar refractivity (Wildman–Crippen MR) is 108 cm³/mol. The average Bonchev–Trinajstić information content (AvgIpc) is 3.14. The van der Waals surface area contributed by atoms with Crippen molar-refractivity contribution in [3.8, 4) is 11.6 Å². The van der Waals surface area contributed by atoms with Crippen LogP contribution in [0.25, 0.3) is 22.6 Å². The first-order valence-corrected chi connectivity index (χ1v) is 9.93. The number of anilines is 1.